The average molecular weight is 590 g/mol. The second-order valence-electron chi connectivity index (χ2n) is 14.8. The van der Waals surface area contributed by atoms with Crippen molar-refractivity contribution in [3.05, 3.63) is 135 Å². The zero-order valence-electron chi connectivity index (χ0n) is 25.6. The molecule has 218 valence electrons. The highest BCUT2D eigenvalue weighted by Gasteiger charge is 2.70. The first kappa shape index (κ1) is 23.7. The summed E-state index contributed by atoms with van der Waals surface area (Å²) in [6, 6.07) is 22.8. The minimum absolute atomic E-state index is 0.0717. The van der Waals surface area contributed by atoms with Crippen molar-refractivity contribution in [3.8, 4) is 22.6 Å². The highest BCUT2D eigenvalue weighted by atomic mass is 16.5. The third-order valence-electron chi connectivity index (χ3n) is 12.5. The molecule has 0 saturated carbocycles. The Morgan fingerprint density at radius 3 is 1.58 bits per heavy atom. The lowest BCUT2D eigenvalue weighted by Crippen LogP contribution is -2.82. The van der Waals surface area contributed by atoms with Crippen LogP contribution in [0.1, 0.15) is 95.1 Å². The molecule has 2 atom stereocenters. The minimum Gasteiger partial charge on any atom is -0.478 e. The smallest absolute Gasteiger partial charge is 0.360 e. The monoisotopic (exact) mass is 589 g/mol. The van der Waals surface area contributed by atoms with Gasteiger partial charge in [-0.3, -0.25) is 0 Å². The molecule has 3 aliphatic carbocycles. The van der Waals surface area contributed by atoms with Crippen LogP contribution >= 0.6 is 0 Å². The van der Waals surface area contributed by atoms with E-state index in [1.807, 2.05) is 0 Å². The molecule has 2 spiro atoms. The van der Waals surface area contributed by atoms with E-state index in [0.29, 0.717) is 13.5 Å². The van der Waals surface area contributed by atoms with Crippen LogP contribution in [0.4, 0.5) is 0 Å². The molecule has 0 radical (unpaired) electrons. The van der Waals surface area contributed by atoms with Gasteiger partial charge in [-0.25, -0.2) is 10.6 Å². The Balaban J connectivity index is 1.34. The van der Waals surface area contributed by atoms with Gasteiger partial charge in [-0.05, 0) is 56.6 Å². The number of fused-ring (bicyclic) bond motifs is 1. The van der Waals surface area contributed by atoms with Gasteiger partial charge >= 0.3 is 18.5 Å². The summed E-state index contributed by atoms with van der Waals surface area (Å²) in [4.78, 5) is 5.08. The largest absolute Gasteiger partial charge is 0.478 e. The second kappa shape index (κ2) is 6.81. The Morgan fingerprint density at radius 1 is 0.622 bits per heavy atom. The molecule has 45 heavy (non-hydrogen) atoms. The summed E-state index contributed by atoms with van der Waals surface area (Å²) in [5.41, 5.74) is 14.3. The lowest BCUT2D eigenvalue weighted by atomic mass is 9.59. The van der Waals surface area contributed by atoms with E-state index in [9.17, 15) is 0 Å². The third-order valence-corrected chi connectivity index (χ3v) is 12.5. The molecule has 1 aromatic heterocycles. The Bertz CT molecular complexity index is 2170. The highest BCUT2D eigenvalue weighted by Crippen LogP contribution is 2.65. The average Bonchev–Trinajstić information content (AvgIpc) is 3.40. The van der Waals surface area contributed by atoms with E-state index >= 15 is 0 Å². The van der Waals surface area contributed by atoms with Crippen LogP contribution < -0.4 is 29.2 Å². The second-order valence-corrected chi connectivity index (χ2v) is 14.8. The first-order valence-electron chi connectivity index (χ1n) is 16.0. The van der Waals surface area contributed by atoms with Crippen molar-refractivity contribution in [1.82, 2.24) is 15.6 Å². The molecule has 2 unspecified atom stereocenters. The van der Waals surface area contributed by atoms with E-state index in [1.54, 1.807) is 0 Å². The van der Waals surface area contributed by atoms with Crippen LogP contribution in [0, 0.1) is 0 Å². The summed E-state index contributed by atoms with van der Waals surface area (Å²) in [7, 11) is 0. The summed E-state index contributed by atoms with van der Waals surface area (Å²) in [5, 5.41) is 7.92. The fourth-order valence-electron chi connectivity index (χ4n) is 10.8. The molecule has 7 heteroatoms. The van der Waals surface area contributed by atoms with Crippen LogP contribution in [0.25, 0.3) is 11.1 Å². The van der Waals surface area contributed by atoms with E-state index in [1.165, 1.54) is 72.6 Å². The van der Waals surface area contributed by atoms with Gasteiger partial charge in [0.15, 0.2) is 0 Å². The van der Waals surface area contributed by atoms with E-state index in [-0.39, 0.29) is 16.7 Å². The first-order valence-corrected chi connectivity index (χ1v) is 16.0. The van der Waals surface area contributed by atoms with Gasteiger partial charge < -0.3 is 9.47 Å². The summed E-state index contributed by atoms with van der Waals surface area (Å²) in [6.07, 6.45) is 4.12. The SMILES string of the molecule is CC1(C)c2cccc3c2C2(NCO3)c3c1ccc1c3C3c4c-1ccc1c4C4(NCOc5cccc(c54)C1(C)C)[n+]1cnc[n+]2c13. The molecular formula is C38H31N5O2+2. The lowest BCUT2D eigenvalue weighted by Gasteiger charge is -2.52. The van der Waals surface area contributed by atoms with E-state index in [2.05, 4.69) is 121 Å². The number of benzene rings is 4. The van der Waals surface area contributed by atoms with Crippen LogP contribution in [-0.4, -0.2) is 18.4 Å². The summed E-state index contributed by atoms with van der Waals surface area (Å²) in [5.74, 6) is 3.19. The van der Waals surface area contributed by atoms with Crippen LogP contribution in [0.15, 0.2) is 73.3 Å². The van der Waals surface area contributed by atoms with Crippen LogP contribution in [-0.2, 0) is 22.2 Å². The molecule has 4 aliphatic heterocycles. The number of hydrogen-bond acceptors (Lipinski definition) is 5. The van der Waals surface area contributed by atoms with Crippen molar-refractivity contribution in [2.45, 2.75) is 55.8 Å². The number of nitrogens with zero attached hydrogens (tertiary/aromatic N) is 3. The van der Waals surface area contributed by atoms with Crippen LogP contribution in [0.5, 0.6) is 11.5 Å². The molecular weight excluding hydrogens is 558 g/mol. The van der Waals surface area contributed by atoms with Crippen molar-refractivity contribution in [1.29, 1.82) is 0 Å². The maximum atomic E-state index is 6.38. The third kappa shape index (κ3) is 2.12. The van der Waals surface area contributed by atoms with Crippen molar-refractivity contribution < 1.29 is 18.6 Å². The zero-order chi connectivity index (χ0) is 29.8. The van der Waals surface area contributed by atoms with E-state index in [0.717, 1.165) is 11.5 Å². The molecule has 0 saturated heterocycles. The van der Waals surface area contributed by atoms with Gasteiger partial charge in [-0.15, -0.1) is 9.13 Å². The summed E-state index contributed by atoms with van der Waals surface area (Å²) >= 11 is 0. The van der Waals surface area contributed by atoms with Crippen LogP contribution in [0.2, 0.25) is 0 Å². The summed E-state index contributed by atoms with van der Waals surface area (Å²) in [6.45, 7) is 10.3. The molecule has 0 fully saturated rings. The van der Waals surface area contributed by atoms with Gasteiger partial charge in [0.2, 0.25) is 11.3 Å². The van der Waals surface area contributed by atoms with Crippen LogP contribution in [0.3, 0.4) is 0 Å². The molecule has 7 aliphatic rings. The summed E-state index contributed by atoms with van der Waals surface area (Å²) < 4.78 is 17.7. The maximum absolute atomic E-state index is 6.38. The normalized spacial score (nSPS) is 27.4. The van der Waals surface area contributed by atoms with Crippen molar-refractivity contribution in [2.75, 3.05) is 13.5 Å². The van der Waals surface area contributed by atoms with E-state index in [4.69, 9.17) is 14.5 Å². The van der Waals surface area contributed by atoms with Gasteiger partial charge in [0, 0.05) is 22.0 Å². The molecule has 12 rings (SSSR count). The van der Waals surface area contributed by atoms with Gasteiger partial charge in [-0.1, -0.05) is 76.2 Å². The Labute approximate surface area is 260 Å². The highest BCUT2D eigenvalue weighted by molar-refractivity contribution is 5.88. The van der Waals surface area contributed by atoms with Crippen molar-refractivity contribution >= 4 is 0 Å². The predicted octanol–water partition coefficient (Wildman–Crippen LogP) is 4.10. The van der Waals surface area contributed by atoms with Gasteiger partial charge in [0.1, 0.15) is 30.9 Å². The number of rotatable bonds is 0. The maximum Gasteiger partial charge on any atom is 0.360 e. The molecule has 7 nitrogen and oxygen atoms in total. The standard InChI is InChI=1S/C38H31N5O2/c1-35(2)21-7-5-9-25-30(21)37(40-17-44-25)32-23(35)13-11-19-20-12-14-24-33-28(20)29(27(19)32)34-42(37)15-39-16-43(34)38(33)31-22(36(24,3)4)8-6-10-26(31)45-18-41-38/h5-16,29,40-41H,17-18H2,1-4H3/q+2. The zero-order valence-corrected chi connectivity index (χ0v) is 25.6. The number of aromatic nitrogens is 3. The van der Waals surface area contributed by atoms with Crippen molar-refractivity contribution in [2.24, 2.45) is 0 Å². The quantitative estimate of drug-likeness (QED) is 0.262. The Morgan fingerprint density at radius 2 is 1.09 bits per heavy atom. The first-order chi connectivity index (χ1) is 21.8. The minimum atomic E-state index is -0.664. The fourth-order valence-corrected chi connectivity index (χ4v) is 10.8. The molecule has 0 amide bonds. The lowest BCUT2D eigenvalue weighted by molar-refractivity contribution is -0.891. The van der Waals surface area contributed by atoms with E-state index < -0.39 is 11.3 Å². The Hall–Kier alpha value is -4.59. The van der Waals surface area contributed by atoms with Gasteiger partial charge in [0.25, 0.3) is 0 Å². The molecule has 4 aromatic carbocycles. The predicted molar refractivity (Wildman–Crippen MR) is 164 cm³/mol. The Kier molecular flexibility index (Phi) is 3.59. The van der Waals surface area contributed by atoms with Crippen molar-refractivity contribution in [3.63, 3.8) is 0 Å². The fraction of sp³-hybridized carbons (Fsp3) is 0.289. The molecule has 2 N–H and O–H groups in total. The van der Waals surface area contributed by atoms with Gasteiger partial charge in [0.05, 0.1) is 16.1 Å². The molecule has 5 heterocycles. The molecule has 0 bridgehead atoms. The van der Waals surface area contributed by atoms with Gasteiger partial charge in [-0.2, -0.15) is 0 Å². The number of ether oxygens (including phenoxy) is 2. The molecule has 5 aromatic rings. The number of nitrogens with one attached hydrogen (secondary N) is 2. The number of hydrogen-bond donors (Lipinski definition) is 2. The topological polar surface area (TPSA) is 63.2 Å².